The fraction of sp³-hybridized carbons (Fsp3) is 1.00. The topological polar surface area (TPSA) is 40.5 Å². The molecule has 0 amide bonds. The zero-order valence-corrected chi connectivity index (χ0v) is 4.10. The van der Waals surface area contributed by atoms with Crippen LogP contribution in [0.3, 0.4) is 0 Å². The quantitative estimate of drug-likeness (QED) is 0.426. The molecule has 2 N–H and O–H groups in total. The Morgan fingerprint density at radius 3 is 1.80 bits per heavy atom. The zero-order chi connectivity index (χ0) is 4.28. The first-order valence-corrected chi connectivity index (χ1v) is 3.11. The molecular formula is C2H7O2Si. The second kappa shape index (κ2) is 2.38. The van der Waals surface area contributed by atoms with Crippen LogP contribution >= 0.6 is 0 Å². The Hall–Kier alpha value is 0.137. The van der Waals surface area contributed by atoms with Crippen molar-refractivity contribution in [2.75, 3.05) is 0 Å². The van der Waals surface area contributed by atoms with Gasteiger partial charge in [0.15, 0.2) is 0 Å². The van der Waals surface area contributed by atoms with Gasteiger partial charge in [-0.05, 0) is 6.04 Å². The van der Waals surface area contributed by atoms with Gasteiger partial charge in [-0.1, -0.05) is 6.92 Å². The molecule has 0 fully saturated rings. The van der Waals surface area contributed by atoms with E-state index in [0.29, 0.717) is 6.04 Å². The predicted octanol–water partition coefficient (Wildman–Crippen LogP) is -0.521. The van der Waals surface area contributed by atoms with Crippen molar-refractivity contribution in [3.05, 3.63) is 0 Å². The summed E-state index contributed by atoms with van der Waals surface area (Å²) in [5.74, 6) is 0. The van der Waals surface area contributed by atoms with Gasteiger partial charge < -0.3 is 9.59 Å². The second-order valence-corrected chi connectivity index (χ2v) is 2.31. The average molecular weight is 91.2 g/mol. The fourth-order valence-corrected chi connectivity index (χ4v) is 0. The van der Waals surface area contributed by atoms with E-state index in [1.807, 2.05) is 0 Å². The van der Waals surface area contributed by atoms with Crippen LogP contribution in [0, 0.1) is 0 Å². The summed E-state index contributed by atoms with van der Waals surface area (Å²) < 4.78 is 0. The van der Waals surface area contributed by atoms with Crippen LogP contribution in [0.15, 0.2) is 0 Å². The molecule has 0 rings (SSSR count). The van der Waals surface area contributed by atoms with Gasteiger partial charge in [0, 0.05) is 0 Å². The Balaban J connectivity index is 2.54. The van der Waals surface area contributed by atoms with Crippen LogP contribution in [-0.2, 0) is 0 Å². The van der Waals surface area contributed by atoms with Crippen molar-refractivity contribution in [2.45, 2.75) is 13.0 Å². The van der Waals surface area contributed by atoms with Crippen LogP contribution < -0.4 is 0 Å². The van der Waals surface area contributed by atoms with Crippen molar-refractivity contribution in [2.24, 2.45) is 0 Å². The van der Waals surface area contributed by atoms with Gasteiger partial charge in [0.25, 0.3) is 0 Å². The lowest BCUT2D eigenvalue weighted by Gasteiger charge is -1.83. The molecule has 0 unspecified atom stereocenters. The van der Waals surface area contributed by atoms with E-state index >= 15 is 0 Å². The third-order valence-electron chi connectivity index (χ3n) is 0.316. The Morgan fingerprint density at radius 2 is 1.80 bits per heavy atom. The van der Waals surface area contributed by atoms with Gasteiger partial charge in [0.1, 0.15) is 0 Å². The third kappa shape index (κ3) is 4.14. The molecule has 3 heteroatoms. The standard InChI is InChI=1S/C2H7O2Si/c1-2-5(3)4/h3-4H,2H2,1H3. The molecule has 31 valence electrons. The Labute approximate surface area is 32.9 Å². The van der Waals surface area contributed by atoms with Crippen LogP contribution in [0.5, 0.6) is 0 Å². The highest BCUT2D eigenvalue weighted by molar-refractivity contribution is 6.40. The van der Waals surface area contributed by atoms with Gasteiger partial charge in [0.05, 0.1) is 0 Å². The van der Waals surface area contributed by atoms with Crippen molar-refractivity contribution in [1.82, 2.24) is 0 Å². The summed E-state index contributed by atoms with van der Waals surface area (Å²) in [6.07, 6.45) is 0. The number of hydrogen-bond donors (Lipinski definition) is 2. The molecule has 0 saturated heterocycles. The SMILES string of the molecule is CC[Si](O)O. The second-order valence-electron chi connectivity index (χ2n) is 0.770. The summed E-state index contributed by atoms with van der Waals surface area (Å²) in [6.45, 7) is 1.74. The molecule has 0 saturated carbocycles. The monoisotopic (exact) mass is 91.0 g/mol. The molecule has 0 heterocycles. The average Bonchev–Trinajstić information content (AvgIpc) is 1.38. The molecule has 0 bridgehead atoms. The van der Waals surface area contributed by atoms with E-state index in [1.165, 1.54) is 0 Å². The van der Waals surface area contributed by atoms with E-state index in [1.54, 1.807) is 6.92 Å². The summed E-state index contributed by atoms with van der Waals surface area (Å²) in [4.78, 5) is 16.0. The van der Waals surface area contributed by atoms with E-state index in [4.69, 9.17) is 9.59 Å². The van der Waals surface area contributed by atoms with Crippen LogP contribution in [0.2, 0.25) is 6.04 Å². The van der Waals surface area contributed by atoms with Crippen LogP contribution in [0.25, 0.3) is 0 Å². The van der Waals surface area contributed by atoms with Crippen molar-refractivity contribution < 1.29 is 9.59 Å². The Kier molecular flexibility index (Phi) is 2.44. The summed E-state index contributed by atoms with van der Waals surface area (Å²) in [5.41, 5.74) is 0. The predicted molar refractivity (Wildman–Crippen MR) is 20.7 cm³/mol. The van der Waals surface area contributed by atoms with Crippen LogP contribution in [0.1, 0.15) is 6.92 Å². The summed E-state index contributed by atoms with van der Waals surface area (Å²) in [7, 11) is -1.87. The maximum absolute atomic E-state index is 8.02. The number of hydrogen-bond acceptors (Lipinski definition) is 2. The van der Waals surface area contributed by atoms with Crippen molar-refractivity contribution in [3.63, 3.8) is 0 Å². The molecule has 2 nitrogen and oxygen atoms in total. The minimum atomic E-state index is -1.87. The van der Waals surface area contributed by atoms with Crippen molar-refractivity contribution >= 4 is 9.28 Å². The normalized spacial score (nSPS) is 9.60. The lowest BCUT2D eigenvalue weighted by Crippen LogP contribution is -2.06. The zero-order valence-electron chi connectivity index (χ0n) is 3.10. The number of rotatable bonds is 1. The largest absolute Gasteiger partial charge is 0.410 e. The summed E-state index contributed by atoms with van der Waals surface area (Å²) in [5, 5.41) is 0. The van der Waals surface area contributed by atoms with Crippen molar-refractivity contribution in [3.8, 4) is 0 Å². The molecule has 0 aromatic rings. The van der Waals surface area contributed by atoms with E-state index in [2.05, 4.69) is 0 Å². The van der Waals surface area contributed by atoms with Gasteiger partial charge >= 0.3 is 9.28 Å². The van der Waals surface area contributed by atoms with E-state index in [-0.39, 0.29) is 0 Å². The third-order valence-corrected chi connectivity index (χ3v) is 0.949. The molecule has 0 atom stereocenters. The van der Waals surface area contributed by atoms with Gasteiger partial charge in [-0.3, -0.25) is 0 Å². The first kappa shape index (κ1) is 5.14. The molecular weight excluding hydrogens is 84.1 g/mol. The maximum Gasteiger partial charge on any atom is 0.378 e. The lowest BCUT2D eigenvalue weighted by molar-refractivity contribution is 0.408. The van der Waals surface area contributed by atoms with E-state index in [9.17, 15) is 0 Å². The highest BCUT2D eigenvalue weighted by Gasteiger charge is 1.93. The molecule has 1 radical (unpaired) electrons. The molecule has 0 spiro atoms. The van der Waals surface area contributed by atoms with Gasteiger partial charge in [0.2, 0.25) is 0 Å². The maximum atomic E-state index is 8.02. The smallest absolute Gasteiger partial charge is 0.378 e. The molecule has 0 aliphatic rings. The van der Waals surface area contributed by atoms with E-state index in [0.717, 1.165) is 0 Å². The van der Waals surface area contributed by atoms with Gasteiger partial charge in [-0.25, -0.2) is 0 Å². The first-order chi connectivity index (χ1) is 2.27. The van der Waals surface area contributed by atoms with E-state index < -0.39 is 9.28 Å². The van der Waals surface area contributed by atoms with Crippen molar-refractivity contribution in [1.29, 1.82) is 0 Å². The Morgan fingerprint density at radius 1 is 1.60 bits per heavy atom. The highest BCUT2D eigenvalue weighted by atomic mass is 28.3. The fourth-order valence-electron chi connectivity index (χ4n) is 0. The highest BCUT2D eigenvalue weighted by Crippen LogP contribution is 1.73. The summed E-state index contributed by atoms with van der Waals surface area (Å²) >= 11 is 0. The molecule has 5 heavy (non-hydrogen) atoms. The molecule has 0 aromatic heterocycles. The minimum Gasteiger partial charge on any atom is -0.410 e. The molecule has 0 aliphatic carbocycles. The van der Waals surface area contributed by atoms with Crippen LogP contribution in [0.4, 0.5) is 0 Å². The first-order valence-electron chi connectivity index (χ1n) is 1.51. The van der Waals surface area contributed by atoms with Gasteiger partial charge in [-0.15, -0.1) is 0 Å². The molecule has 0 aromatic carbocycles. The lowest BCUT2D eigenvalue weighted by atomic mass is 11.0. The Bertz CT molecular complexity index is 21.6. The van der Waals surface area contributed by atoms with Crippen LogP contribution in [-0.4, -0.2) is 18.9 Å². The molecule has 0 aliphatic heterocycles. The summed E-state index contributed by atoms with van der Waals surface area (Å²) in [6, 6.07) is 0.519. The van der Waals surface area contributed by atoms with Gasteiger partial charge in [-0.2, -0.15) is 0 Å². The minimum absolute atomic E-state index is 0.519.